The van der Waals surface area contributed by atoms with Crippen molar-refractivity contribution in [2.45, 2.75) is 9.79 Å². The SMILES string of the molecule is O=S(=O)([O-])c1ccc(-c2ccccc2)cc1.O=S(=O)([O-])c1ccc(-c2ccccc2)cc1.[Ba+2]. The Bertz CT molecular complexity index is 1260. The van der Waals surface area contributed by atoms with Gasteiger partial charge in [-0.3, -0.25) is 0 Å². The van der Waals surface area contributed by atoms with Gasteiger partial charge in [0.2, 0.25) is 0 Å². The molecular formula is C24H18BaO6S2. The van der Waals surface area contributed by atoms with E-state index in [0.29, 0.717) is 0 Å². The second-order valence-corrected chi connectivity index (χ2v) is 9.45. The van der Waals surface area contributed by atoms with Gasteiger partial charge < -0.3 is 9.11 Å². The molecule has 0 fully saturated rings. The molecule has 9 heteroatoms. The maximum atomic E-state index is 10.7. The van der Waals surface area contributed by atoms with Gasteiger partial charge in [0.1, 0.15) is 20.2 Å². The Balaban J connectivity index is 0.000000227. The van der Waals surface area contributed by atoms with E-state index in [1.54, 1.807) is 24.3 Å². The van der Waals surface area contributed by atoms with E-state index >= 15 is 0 Å². The number of benzene rings is 4. The molecular weight excluding hydrogens is 586 g/mol. The summed E-state index contributed by atoms with van der Waals surface area (Å²) in [5.41, 5.74) is 3.73. The molecule has 0 unspecified atom stereocenters. The van der Waals surface area contributed by atoms with Crippen molar-refractivity contribution in [1.29, 1.82) is 0 Å². The van der Waals surface area contributed by atoms with E-state index in [1.807, 2.05) is 60.7 Å². The Kier molecular flexibility index (Phi) is 10.1. The summed E-state index contributed by atoms with van der Waals surface area (Å²) in [6, 6.07) is 30.9. The molecule has 0 aromatic heterocycles. The topological polar surface area (TPSA) is 114 Å². The molecule has 0 N–H and O–H groups in total. The molecule has 4 aromatic carbocycles. The van der Waals surface area contributed by atoms with Gasteiger partial charge in [-0.1, -0.05) is 84.9 Å². The summed E-state index contributed by atoms with van der Waals surface area (Å²) in [6.45, 7) is 0. The third kappa shape index (κ3) is 8.21. The second kappa shape index (κ2) is 12.1. The van der Waals surface area contributed by atoms with Crippen molar-refractivity contribution in [2.24, 2.45) is 0 Å². The minimum atomic E-state index is -4.35. The largest absolute Gasteiger partial charge is 2.00 e. The van der Waals surface area contributed by atoms with Crippen LogP contribution in [-0.2, 0) is 20.2 Å². The van der Waals surface area contributed by atoms with Crippen LogP contribution in [-0.4, -0.2) is 74.8 Å². The molecule has 0 bridgehead atoms. The number of rotatable bonds is 4. The first-order valence-electron chi connectivity index (χ1n) is 9.37. The quantitative estimate of drug-likeness (QED) is 0.256. The first kappa shape index (κ1) is 27.5. The summed E-state index contributed by atoms with van der Waals surface area (Å²) < 4.78 is 64.4. The predicted molar refractivity (Wildman–Crippen MR) is 125 cm³/mol. The Morgan fingerprint density at radius 3 is 0.879 bits per heavy atom. The van der Waals surface area contributed by atoms with Crippen LogP contribution in [0.25, 0.3) is 22.3 Å². The second-order valence-electron chi connectivity index (χ2n) is 6.69. The minimum Gasteiger partial charge on any atom is -0.744 e. The molecule has 0 radical (unpaired) electrons. The van der Waals surface area contributed by atoms with E-state index in [9.17, 15) is 25.9 Å². The van der Waals surface area contributed by atoms with Crippen LogP contribution in [0.2, 0.25) is 0 Å². The molecule has 0 saturated heterocycles. The van der Waals surface area contributed by atoms with Gasteiger partial charge >= 0.3 is 48.9 Å². The minimum absolute atomic E-state index is 0. The van der Waals surface area contributed by atoms with E-state index in [-0.39, 0.29) is 58.7 Å². The summed E-state index contributed by atoms with van der Waals surface area (Å²) in [5, 5.41) is 0. The van der Waals surface area contributed by atoms with Crippen molar-refractivity contribution in [3.05, 3.63) is 109 Å². The zero-order valence-electron chi connectivity index (χ0n) is 17.4. The monoisotopic (exact) mass is 604 g/mol. The smallest absolute Gasteiger partial charge is 0.744 e. The Morgan fingerprint density at radius 2 is 0.636 bits per heavy atom. The molecule has 164 valence electrons. The molecule has 0 saturated carbocycles. The Hall–Kier alpha value is -1.73. The average molecular weight is 604 g/mol. The summed E-state index contributed by atoms with van der Waals surface area (Å²) in [5.74, 6) is 0. The zero-order chi connectivity index (χ0) is 23.2. The first-order valence-corrected chi connectivity index (χ1v) is 12.2. The van der Waals surface area contributed by atoms with Crippen molar-refractivity contribution >= 4 is 69.1 Å². The maximum Gasteiger partial charge on any atom is 2.00 e. The number of hydrogen-bond donors (Lipinski definition) is 0. The molecule has 4 rings (SSSR count). The fourth-order valence-corrected chi connectivity index (χ4v) is 3.83. The van der Waals surface area contributed by atoms with Gasteiger partial charge in [0.05, 0.1) is 9.79 Å². The molecule has 33 heavy (non-hydrogen) atoms. The van der Waals surface area contributed by atoms with Crippen molar-refractivity contribution < 1.29 is 25.9 Å². The van der Waals surface area contributed by atoms with Crippen LogP contribution in [0, 0.1) is 0 Å². The van der Waals surface area contributed by atoms with Gasteiger partial charge in [-0.2, -0.15) is 0 Å². The van der Waals surface area contributed by atoms with E-state index in [0.717, 1.165) is 22.3 Å². The van der Waals surface area contributed by atoms with Gasteiger partial charge in [0, 0.05) is 0 Å². The third-order valence-electron chi connectivity index (χ3n) is 4.50. The Labute approximate surface area is 233 Å². The molecule has 0 aliphatic heterocycles. The van der Waals surface area contributed by atoms with Crippen LogP contribution < -0.4 is 0 Å². The van der Waals surface area contributed by atoms with E-state index in [1.165, 1.54) is 24.3 Å². The third-order valence-corrected chi connectivity index (χ3v) is 6.20. The van der Waals surface area contributed by atoms with E-state index in [4.69, 9.17) is 0 Å². The molecule has 0 amide bonds. The fourth-order valence-electron chi connectivity index (χ4n) is 2.89. The molecule has 0 heterocycles. The predicted octanol–water partition coefficient (Wildman–Crippen LogP) is 4.13. The molecule has 6 nitrogen and oxygen atoms in total. The van der Waals surface area contributed by atoms with Crippen LogP contribution in [0.3, 0.4) is 0 Å². The Morgan fingerprint density at radius 1 is 0.394 bits per heavy atom. The molecule has 4 aromatic rings. The van der Waals surface area contributed by atoms with Crippen LogP contribution in [0.1, 0.15) is 0 Å². The maximum absolute atomic E-state index is 10.7. The van der Waals surface area contributed by atoms with E-state index in [2.05, 4.69) is 0 Å². The van der Waals surface area contributed by atoms with Crippen LogP contribution >= 0.6 is 0 Å². The van der Waals surface area contributed by atoms with Gasteiger partial charge in [0.15, 0.2) is 0 Å². The normalized spacial score (nSPS) is 11.0. The summed E-state index contributed by atoms with van der Waals surface area (Å²) >= 11 is 0. The molecule has 0 spiro atoms. The zero-order valence-corrected chi connectivity index (χ0v) is 23.4. The van der Waals surface area contributed by atoms with Crippen molar-refractivity contribution in [3.63, 3.8) is 0 Å². The van der Waals surface area contributed by atoms with Gasteiger partial charge in [0.25, 0.3) is 0 Å². The van der Waals surface area contributed by atoms with Crippen molar-refractivity contribution in [3.8, 4) is 22.3 Å². The van der Waals surface area contributed by atoms with Gasteiger partial charge in [-0.25, -0.2) is 16.8 Å². The van der Waals surface area contributed by atoms with Crippen molar-refractivity contribution in [2.75, 3.05) is 0 Å². The summed E-state index contributed by atoms with van der Waals surface area (Å²) in [6.07, 6.45) is 0. The molecule has 0 aliphatic carbocycles. The van der Waals surface area contributed by atoms with Gasteiger partial charge in [-0.05, 0) is 46.5 Å². The molecule has 0 atom stereocenters. The average Bonchev–Trinajstić information content (AvgIpc) is 2.80. The van der Waals surface area contributed by atoms with Crippen LogP contribution in [0.4, 0.5) is 0 Å². The van der Waals surface area contributed by atoms with Crippen LogP contribution in [0.5, 0.6) is 0 Å². The number of hydrogen-bond acceptors (Lipinski definition) is 6. The summed E-state index contributed by atoms with van der Waals surface area (Å²) in [4.78, 5) is -0.403. The first-order chi connectivity index (χ1) is 15.1. The van der Waals surface area contributed by atoms with Crippen LogP contribution in [0.15, 0.2) is 119 Å². The summed E-state index contributed by atoms with van der Waals surface area (Å²) in [7, 11) is -8.70. The standard InChI is InChI=1S/2C12H10O3S.Ba/c2*13-16(14,15)12-8-6-11(7-9-12)10-4-2-1-3-5-10;/h2*1-9H,(H,13,14,15);/q;;+2/p-2. The fraction of sp³-hybridized carbons (Fsp3) is 0. The van der Waals surface area contributed by atoms with Gasteiger partial charge in [-0.15, -0.1) is 0 Å². The van der Waals surface area contributed by atoms with E-state index < -0.39 is 20.2 Å². The van der Waals surface area contributed by atoms with Crippen molar-refractivity contribution in [1.82, 2.24) is 0 Å². The molecule has 0 aliphatic rings.